The van der Waals surface area contributed by atoms with Gasteiger partial charge in [0.15, 0.2) is 0 Å². The van der Waals surface area contributed by atoms with E-state index in [4.69, 9.17) is 16.7 Å². The van der Waals surface area contributed by atoms with Gasteiger partial charge in [-0.1, -0.05) is 18.5 Å². The van der Waals surface area contributed by atoms with Gasteiger partial charge in [-0.05, 0) is 12.8 Å². The van der Waals surface area contributed by atoms with Crippen molar-refractivity contribution in [2.45, 2.75) is 18.9 Å². The van der Waals surface area contributed by atoms with Crippen LogP contribution >= 0.6 is 23.4 Å². The van der Waals surface area contributed by atoms with Crippen molar-refractivity contribution in [2.24, 2.45) is 5.92 Å². The summed E-state index contributed by atoms with van der Waals surface area (Å²) >= 11 is 7.52. The molecule has 2 N–H and O–H groups in total. The number of hydrogen-bond donors (Lipinski definition) is 2. The first-order valence-corrected chi connectivity index (χ1v) is 6.53. The summed E-state index contributed by atoms with van der Waals surface area (Å²) in [4.78, 5) is 8.35. The second-order valence-corrected chi connectivity index (χ2v) is 4.89. The number of nitrogens with one attached hydrogen (secondary N) is 1. The zero-order valence-corrected chi connectivity index (χ0v) is 11.0. The van der Waals surface area contributed by atoms with Crippen LogP contribution in [0.15, 0.2) is 11.2 Å². The molecule has 0 fully saturated rings. The topological polar surface area (TPSA) is 58.0 Å². The van der Waals surface area contributed by atoms with Gasteiger partial charge in [-0.15, -0.1) is 11.8 Å². The van der Waals surface area contributed by atoms with E-state index in [1.165, 1.54) is 11.8 Å². The van der Waals surface area contributed by atoms with Crippen LogP contribution in [0.1, 0.15) is 13.8 Å². The predicted molar refractivity (Wildman–Crippen MR) is 68.2 cm³/mol. The number of aliphatic hydroxyl groups excluding tert-OH is 1. The number of anilines is 1. The molecule has 0 amide bonds. The summed E-state index contributed by atoms with van der Waals surface area (Å²) in [6.45, 7) is 4.92. The molecular weight excluding hydrogens is 246 g/mol. The van der Waals surface area contributed by atoms with Gasteiger partial charge in [0.1, 0.15) is 5.03 Å². The van der Waals surface area contributed by atoms with Crippen molar-refractivity contribution in [1.29, 1.82) is 0 Å². The van der Waals surface area contributed by atoms with Crippen molar-refractivity contribution >= 4 is 29.3 Å². The van der Waals surface area contributed by atoms with Crippen LogP contribution in [-0.2, 0) is 0 Å². The predicted octanol–water partition coefficient (Wildman–Crippen LogP) is 2.28. The molecule has 1 aromatic heterocycles. The summed E-state index contributed by atoms with van der Waals surface area (Å²) in [6, 6.07) is 0. The van der Waals surface area contributed by atoms with Gasteiger partial charge in [-0.2, -0.15) is 0 Å². The highest BCUT2D eigenvalue weighted by Crippen LogP contribution is 2.26. The van der Waals surface area contributed by atoms with Crippen LogP contribution in [-0.4, -0.2) is 34.0 Å². The van der Waals surface area contributed by atoms with E-state index in [2.05, 4.69) is 15.3 Å². The monoisotopic (exact) mass is 261 g/mol. The van der Waals surface area contributed by atoms with Crippen molar-refractivity contribution in [3.05, 3.63) is 11.2 Å². The van der Waals surface area contributed by atoms with E-state index >= 15 is 0 Å². The highest BCUT2D eigenvalue weighted by molar-refractivity contribution is 7.99. The lowest BCUT2D eigenvalue weighted by atomic mass is 10.2. The zero-order chi connectivity index (χ0) is 12.0. The Morgan fingerprint density at radius 3 is 3.00 bits per heavy atom. The number of hydrogen-bond acceptors (Lipinski definition) is 5. The quantitative estimate of drug-likeness (QED) is 0.608. The van der Waals surface area contributed by atoms with Gasteiger partial charge in [0.2, 0.25) is 5.95 Å². The molecule has 1 aromatic rings. The van der Waals surface area contributed by atoms with Crippen LogP contribution in [0.5, 0.6) is 0 Å². The molecule has 0 aliphatic heterocycles. The Balaban J connectivity index is 2.66. The summed E-state index contributed by atoms with van der Waals surface area (Å²) < 4.78 is 0. The molecule has 90 valence electrons. The fourth-order valence-electron chi connectivity index (χ4n) is 0.970. The highest BCUT2D eigenvalue weighted by atomic mass is 35.5. The zero-order valence-electron chi connectivity index (χ0n) is 9.40. The van der Waals surface area contributed by atoms with E-state index in [0.29, 0.717) is 11.0 Å². The fourth-order valence-corrected chi connectivity index (χ4v) is 2.11. The lowest BCUT2D eigenvalue weighted by Crippen LogP contribution is -2.05. The Hall–Kier alpha value is -0.520. The van der Waals surface area contributed by atoms with E-state index in [1.54, 1.807) is 6.20 Å². The van der Waals surface area contributed by atoms with Crippen LogP contribution in [0, 0.1) is 5.92 Å². The summed E-state index contributed by atoms with van der Waals surface area (Å²) in [5, 5.41) is 13.3. The average molecular weight is 262 g/mol. The molecule has 0 spiro atoms. The van der Waals surface area contributed by atoms with E-state index < -0.39 is 0 Å². The van der Waals surface area contributed by atoms with E-state index in [9.17, 15) is 0 Å². The van der Waals surface area contributed by atoms with Crippen LogP contribution in [0.25, 0.3) is 0 Å². The maximum atomic E-state index is 8.93. The standard InChI is InChI=1S/C10H16ClN3OS/c1-3-12-10-13-4-8(11)9(14-10)16-6-7(2)5-15/h4,7,15H,3,5-6H2,1-2H3,(H,12,13,14). The van der Waals surface area contributed by atoms with Crippen molar-refractivity contribution in [3.8, 4) is 0 Å². The van der Waals surface area contributed by atoms with Crippen LogP contribution in [0.3, 0.4) is 0 Å². The molecule has 0 aliphatic carbocycles. The minimum Gasteiger partial charge on any atom is -0.396 e. The van der Waals surface area contributed by atoms with Gasteiger partial charge in [-0.3, -0.25) is 0 Å². The van der Waals surface area contributed by atoms with E-state index in [-0.39, 0.29) is 12.5 Å². The molecular formula is C10H16ClN3OS. The minimum atomic E-state index is 0.176. The van der Waals surface area contributed by atoms with Crippen molar-refractivity contribution in [2.75, 3.05) is 24.2 Å². The summed E-state index contributed by atoms with van der Waals surface area (Å²) in [7, 11) is 0. The molecule has 0 radical (unpaired) electrons. The van der Waals surface area contributed by atoms with Gasteiger partial charge in [-0.25, -0.2) is 9.97 Å². The Labute approximate surface area is 105 Å². The summed E-state index contributed by atoms with van der Waals surface area (Å²) in [5.41, 5.74) is 0. The minimum absolute atomic E-state index is 0.176. The smallest absolute Gasteiger partial charge is 0.223 e. The normalized spacial score (nSPS) is 12.5. The van der Waals surface area contributed by atoms with Crippen LogP contribution in [0.4, 0.5) is 5.95 Å². The van der Waals surface area contributed by atoms with E-state index in [1.807, 2.05) is 13.8 Å². The number of rotatable bonds is 6. The number of nitrogens with zero attached hydrogens (tertiary/aromatic N) is 2. The molecule has 1 unspecified atom stereocenters. The molecule has 6 heteroatoms. The Morgan fingerprint density at radius 1 is 1.62 bits per heavy atom. The second kappa shape index (κ2) is 6.93. The fraction of sp³-hybridized carbons (Fsp3) is 0.600. The third-order valence-electron chi connectivity index (χ3n) is 1.86. The number of halogens is 1. The van der Waals surface area contributed by atoms with Crippen LogP contribution < -0.4 is 5.32 Å². The third-order valence-corrected chi connectivity index (χ3v) is 3.57. The third kappa shape index (κ3) is 4.15. The summed E-state index contributed by atoms with van der Waals surface area (Å²) in [6.07, 6.45) is 1.60. The molecule has 1 atom stereocenters. The number of thioether (sulfide) groups is 1. The van der Waals surface area contributed by atoms with Gasteiger partial charge in [0.25, 0.3) is 0 Å². The molecule has 1 heterocycles. The van der Waals surface area contributed by atoms with Gasteiger partial charge < -0.3 is 10.4 Å². The molecule has 0 aliphatic rings. The number of aromatic nitrogens is 2. The van der Waals surface area contributed by atoms with Gasteiger partial charge >= 0.3 is 0 Å². The van der Waals surface area contributed by atoms with Crippen molar-refractivity contribution < 1.29 is 5.11 Å². The SMILES string of the molecule is CCNc1ncc(Cl)c(SCC(C)CO)n1. The number of aliphatic hydroxyl groups is 1. The summed E-state index contributed by atoms with van der Waals surface area (Å²) in [5.74, 6) is 1.61. The molecule has 0 saturated heterocycles. The maximum Gasteiger partial charge on any atom is 0.223 e. The Morgan fingerprint density at radius 2 is 2.38 bits per heavy atom. The average Bonchev–Trinajstić information content (AvgIpc) is 2.29. The molecule has 1 rings (SSSR count). The molecule has 0 bridgehead atoms. The lowest BCUT2D eigenvalue weighted by Gasteiger charge is -2.09. The largest absolute Gasteiger partial charge is 0.396 e. The van der Waals surface area contributed by atoms with Crippen molar-refractivity contribution in [1.82, 2.24) is 9.97 Å². The Bertz CT molecular complexity index is 338. The molecule has 0 saturated carbocycles. The lowest BCUT2D eigenvalue weighted by molar-refractivity contribution is 0.250. The molecule has 0 aromatic carbocycles. The van der Waals surface area contributed by atoms with Crippen molar-refractivity contribution in [3.63, 3.8) is 0 Å². The molecule has 16 heavy (non-hydrogen) atoms. The first-order chi connectivity index (χ1) is 7.67. The van der Waals surface area contributed by atoms with E-state index in [0.717, 1.165) is 17.3 Å². The maximum absolute atomic E-state index is 8.93. The van der Waals surface area contributed by atoms with Gasteiger partial charge in [0.05, 0.1) is 11.2 Å². The van der Waals surface area contributed by atoms with Crippen LogP contribution in [0.2, 0.25) is 5.02 Å². The highest BCUT2D eigenvalue weighted by Gasteiger charge is 2.08. The first-order valence-electron chi connectivity index (χ1n) is 5.17. The van der Waals surface area contributed by atoms with Gasteiger partial charge in [0, 0.05) is 18.9 Å². The Kier molecular flexibility index (Phi) is 5.87. The first kappa shape index (κ1) is 13.5. The second-order valence-electron chi connectivity index (χ2n) is 3.48. The molecule has 4 nitrogen and oxygen atoms in total.